The molecule has 1 fully saturated rings. The summed E-state index contributed by atoms with van der Waals surface area (Å²) in [6.07, 6.45) is 5.40. The van der Waals surface area contributed by atoms with Gasteiger partial charge in [-0.25, -0.2) is 4.98 Å². The molecule has 0 amide bonds. The van der Waals surface area contributed by atoms with E-state index in [-0.39, 0.29) is 0 Å². The van der Waals surface area contributed by atoms with Crippen LogP contribution in [0.25, 0.3) is 10.2 Å². The average Bonchev–Trinajstić information content (AvgIpc) is 2.93. The van der Waals surface area contributed by atoms with Gasteiger partial charge in [-0.15, -0.1) is 0 Å². The number of nitrogens with zero attached hydrogens (tertiary/aromatic N) is 1. The van der Waals surface area contributed by atoms with Gasteiger partial charge < -0.3 is 5.32 Å². The minimum atomic E-state index is 0.454. The number of hydrogen-bond acceptors (Lipinski definition) is 3. The highest BCUT2D eigenvalue weighted by molar-refractivity contribution is 7.22. The maximum Gasteiger partial charge on any atom is 0.183 e. The Balaban J connectivity index is 1.74. The van der Waals surface area contributed by atoms with Crippen molar-refractivity contribution in [1.29, 1.82) is 0 Å². The van der Waals surface area contributed by atoms with Crippen LogP contribution in [0.5, 0.6) is 0 Å². The van der Waals surface area contributed by atoms with E-state index in [1.165, 1.54) is 30.4 Å². The van der Waals surface area contributed by atoms with Crippen molar-refractivity contribution < 1.29 is 0 Å². The molecule has 0 aliphatic heterocycles. The van der Waals surface area contributed by atoms with E-state index in [0.717, 1.165) is 22.2 Å². The minimum Gasteiger partial charge on any atom is -0.361 e. The first kappa shape index (κ1) is 12.2. The van der Waals surface area contributed by atoms with Crippen LogP contribution in [0.3, 0.4) is 0 Å². The molecule has 1 saturated carbocycles. The van der Waals surface area contributed by atoms with Gasteiger partial charge in [0.1, 0.15) is 0 Å². The number of fused-ring (bicyclic) bond motifs is 1. The summed E-state index contributed by atoms with van der Waals surface area (Å²) < 4.78 is 1.19. The number of benzene rings is 1. The van der Waals surface area contributed by atoms with Crippen LogP contribution in [0.4, 0.5) is 5.13 Å². The van der Waals surface area contributed by atoms with Crippen molar-refractivity contribution in [3.63, 3.8) is 0 Å². The molecule has 1 aliphatic carbocycles. The molecule has 2 aromatic rings. The van der Waals surface area contributed by atoms with E-state index >= 15 is 0 Å². The van der Waals surface area contributed by atoms with E-state index in [1.807, 2.05) is 18.2 Å². The number of thiazole rings is 1. The maximum atomic E-state index is 5.97. The van der Waals surface area contributed by atoms with Gasteiger partial charge >= 0.3 is 0 Å². The van der Waals surface area contributed by atoms with Gasteiger partial charge in [0.2, 0.25) is 0 Å². The lowest BCUT2D eigenvalue weighted by atomic mass is 9.89. The Kier molecular flexibility index (Phi) is 3.20. The van der Waals surface area contributed by atoms with Crippen molar-refractivity contribution in [3.8, 4) is 0 Å². The third-order valence-corrected chi connectivity index (χ3v) is 5.06. The summed E-state index contributed by atoms with van der Waals surface area (Å²) in [5.41, 5.74) is 1.45. The molecule has 2 nitrogen and oxygen atoms in total. The zero-order valence-corrected chi connectivity index (χ0v) is 12.1. The SMILES string of the molecule is CC1(CNc2nc3cc(Cl)ccc3s2)CCCC1. The summed E-state index contributed by atoms with van der Waals surface area (Å²) in [4.78, 5) is 4.59. The highest BCUT2D eigenvalue weighted by Gasteiger charge is 2.28. The monoisotopic (exact) mass is 280 g/mol. The normalized spacial score (nSPS) is 18.3. The van der Waals surface area contributed by atoms with Crippen molar-refractivity contribution in [1.82, 2.24) is 4.98 Å². The molecule has 0 bridgehead atoms. The van der Waals surface area contributed by atoms with E-state index in [9.17, 15) is 0 Å². The van der Waals surface area contributed by atoms with E-state index in [4.69, 9.17) is 11.6 Å². The molecule has 0 atom stereocenters. The largest absolute Gasteiger partial charge is 0.361 e. The second-order valence-corrected chi connectivity index (χ2v) is 6.97. The Morgan fingerprint density at radius 1 is 1.39 bits per heavy atom. The average molecular weight is 281 g/mol. The lowest BCUT2D eigenvalue weighted by Crippen LogP contribution is -2.22. The molecule has 4 heteroatoms. The Bertz CT molecular complexity index is 558. The number of anilines is 1. The predicted molar refractivity (Wildman–Crippen MR) is 79.7 cm³/mol. The predicted octanol–water partition coefficient (Wildman–Crippen LogP) is 4.94. The summed E-state index contributed by atoms with van der Waals surface area (Å²) in [6.45, 7) is 3.40. The van der Waals surface area contributed by atoms with Crippen LogP contribution in [0, 0.1) is 5.41 Å². The van der Waals surface area contributed by atoms with Crippen molar-refractivity contribution in [2.75, 3.05) is 11.9 Å². The molecule has 1 heterocycles. The van der Waals surface area contributed by atoms with Gasteiger partial charge in [-0.3, -0.25) is 0 Å². The van der Waals surface area contributed by atoms with Crippen LogP contribution in [-0.4, -0.2) is 11.5 Å². The van der Waals surface area contributed by atoms with E-state index in [2.05, 4.69) is 17.2 Å². The topological polar surface area (TPSA) is 24.9 Å². The zero-order valence-electron chi connectivity index (χ0n) is 10.5. The third-order valence-electron chi connectivity index (χ3n) is 3.83. The van der Waals surface area contributed by atoms with Gasteiger partial charge in [-0.2, -0.15) is 0 Å². The second-order valence-electron chi connectivity index (χ2n) is 5.50. The molecule has 0 spiro atoms. The van der Waals surface area contributed by atoms with Crippen LogP contribution in [0.15, 0.2) is 18.2 Å². The summed E-state index contributed by atoms with van der Waals surface area (Å²) in [5.74, 6) is 0. The number of rotatable bonds is 3. The third kappa shape index (κ3) is 2.47. The molecule has 1 aromatic carbocycles. The van der Waals surface area contributed by atoms with E-state index in [1.54, 1.807) is 11.3 Å². The molecule has 1 aliphatic rings. The van der Waals surface area contributed by atoms with Crippen molar-refractivity contribution in [3.05, 3.63) is 23.2 Å². The van der Waals surface area contributed by atoms with Crippen molar-refractivity contribution in [2.45, 2.75) is 32.6 Å². The van der Waals surface area contributed by atoms with Crippen molar-refractivity contribution in [2.24, 2.45) is 5.41 Å². The first-order chi connectivity index (χ1) is 8.65. The number of nitrogens with one attached hydrogen (secondary N) is 1. The van der Waals surface area contributed by atoms with Crippen LogP contribution in [-0.2, 0) is 0 Å². The number of hydrogen-bond donors (Lipinski definition) is 1. The highest BCUT2D eigenvalue weighted by Crippen LogP contribution is 2.38. The molecule has 3 rings (SSSR count). The Morgan fingerprint density at radius 3 is 2.94 bits per heavy atom. The molecular formula is C14H17ClN2S. The van der Waals surface area contributed by atoms with Crippen LogP contribution in [0.2, 0.25) is 5.02 Å². The number of aromatic nitrogens is 1. The Hall–Kier alpha value is -0.800. The van der Waals surface area contributed by atoms with Gasteiger partial charge in [0.05, 0.1) is 10.2 Å². The molecule has 0 saturated heterocycles. The fourth-order valence-electron chi connectivity index (χ4n) is 2.67. The van der Waals surface area contributed by atoms with Gasteiger partial charge in [0.25, 0.3) is 0 Å². The Morgan fingerprint density at radius 2 is 2.17 bits per heavy atom. The molecule has 0 radical (unpaired) electrons. The molecule has 1 aromatic heterocycles. The van der Waals surface area contributed by atoms with Crippen molar-refractivity contribution >= 4 is 38.3 Å². The highest BCUT2D eigenvalue weighted by atomic mass is 35.5. The maximum absolute atomic E-state index is 5.97. The standard InChI is InChI=1S/C14H17ClN2S/c1-14(6-2-3-7-14)9-16-13-17-11-8-10(15)4-5-12(11)18-13/h4-5,8H,2-3,6-7,9H2,1H3,(H,16,17). The fourth-order valence-corrected chi connectivity index (χ4v) is 3.68. The van der Waals surface area contributed by atoms with Crippen LogP contribution >= 0.6 is 22.9 Å². The quantitative estimate of drug-likeness (QED) is 0.861. The molecule has 1 N–H and O–H groups in total. The molecule has 96 valence electrons. The Labute approximate surface area is 116 Å². The first-order valence-corrected chi connectivity index (χ1v) is 7.64. The van der Waals surface area contributed by atoms with E-state index < -0.39 is 0 Å². The van der Waals surface area contributed by atoms with Crippen LogP contribution < -0.4 is 5.32 Å². The van der Waals surface area contributed by atoms with Gasteiger partial charge in [-0.1, -0.05) is 42.7 Å². The summed E-state index contributed by atoms with van der Waals surface area (Å²) in [5, 5.41) is 5.27. The molecule has 18 heavy (non-hydrogen) atoms. The number of halogens is 1. The lowest BCUT2D eigenvalue weighted by molar-refractivity contribution is 0.362. The summed E-state index contributed by atoms with van der Waals surface area (Å²) >= 11 is 7.68. The van der Waals surface area contributed by atoms with E-state index in [0.29, 0.717) is 5.41 Å². The smallest absolute Gasteiger partial charge is 0.183 e. The van der Waals surface area contributed by atoms with Gasteiger partial charge in [0, 0.05) is 11.6 Å². The molecular weight excluding hydrogens is 264 g/mol. The molecule has 0 unspecified atom stereocenters. The summed E-state index contributed by atoms with van der Waals surface area (Å²) in [6, 6.07) is 5.89. The van der Waals surface area contributed by atoms with Crippen LogP contribution in [0.1, 0.15) is 32.6 Å². The lowest BCUT2D eigenvalue weighted by Gasteiger charge is -2.23. The first-order valence-electron chi connectivity index (χ1n) is 6.45. The van der Waals surface area contributed by atoms with Gasteiger partial charge in [-0.05, 0) is 36.5 Å². The summed E-state index contributed by atoms with van der Waals surface area (Å²) in [7, 11) is 0. The van der Waals surface area contributed by atoms with Gasteiger partial charge in [0.15, 0.2) is 5.13 Å². The fraction of sp³-hybridized carbons (Fsp3) is 0.500. The minimum absolute atomic E-state index is 0.454. The zero-order chi connectivity index (χ0) is 12.6. The second kappa shape index (κ2) is 4.71.